The van der Waals surface area contributed by atoms with Crippen LogP contribution < -0.4 is 9.47 Å². The number of fused-ring (bicyclic) bond motifs is 2. The molecule has 3 heterocycles. The minimum atomic E-state index is -0.474. The minimum Gasteiger partial charge on any atom is -0.424 e. The van der Waals surface area contributed by atoms with Gasteiger partial charge in [0.15, 0.2) is 23.1 Å². The van der Waals surface area contributed by atoms with Crippen molar-refractivity contribution in [3.63, 3.8) is 0 Å². The number of hydrogen-bond acceptors (Lipinski definition) is 12. The SMILES string of the molecule is CCCCC(CC)C(=O)Oc1c2c(c(OC(=O)C(CC)CCCC)c3c1SC(=C1C(=O)N(Cc4ccccc4)N(Cc4ccccc4)C1=O)S3)SC(=C1C(=O)CCCC1=O)S2. The maximum Gasteiger partial charge on any atom is 0.314 e. The van der Waals surface area contributed by atoms with Crippen molar-refractivity contribution >= 4 is 82.4 Å². The van der Waals surface area contributed by atoms with Gasteiger partial charge in [0.2, 0.25) is 0 Å². The Morgan fingerprint density at radius 1 is 0.574 bits per heavy atom. The van der Waals surface area contributed by atoms with Crippen LogP contribution >= 0.6 is 47.0 Å². The topological polar surface area (TPSA) is 127 Å². The largest absolute Gasteiger partial charge is 0.424 e. The number of carbonyl (C=O) groups excluding carboxylic acids is 6. The number of carbonyl (C=O) groups is 6. The Morgan fingerprint density at radius 3 is 1.31 bits per heavy atom. The fourth-order valence-electron chi connectivity index (χ4n) is 7.65. The van der Waals surface area contributed by atoms with Crippen LogP contribution in [0, 0.1) is 11.8 Å². The number of esters is 2. The molecule has 0 bridgehead atoms. The van der Waals surface area contributed by atoms with Gasteiger partial charge in [0.25, 0.3) is 11.8 Å². The van der Waals surface area contributed by atoms with Gasteiger partial charge in [-0.05, 0) is 43.2 Å². The Morgan fingerprint density at radius 2 is 0.951 bits per heavy atom. The average molecular weight is 899 g/mol. The van der Waals surface area contributed by atoms with Gasteiger partial charge in [-0.15, -0.1) is 0 Å². The summed E-state index contributed by atoms with van der Waals surface area (Å²) in [6.45, 7) is 8.34. The molecule has 2 amide bonds. The Hall–Kier alpha value is -4.24. The number of rotatable bonds is 16. The molecule has 61 heavy (non-hydrogen) atoms. The highest BCUT2D eigenvalue weighted by Crippen LogP contribution is 2.69. The first-order chi connectivity index (χ1) is 29.6. The van der Waals surface area contributed by atoms with E-state index in [2.05, 4.69) is 13.8 Å². The molecule has 320 valence electrons. The number of Topliss-reactive ketones (excluding diaryl/α,β-unsaturated/α-hetero) is 2. The van der Waals surface area contributed by atoms with Crippen molar-refractivity contribution < 1.29 is 38.2 Å². The molecule has 10 nitrogen and oxygen atoms in total. The molecule has 7 rings (SSSR count). The summed E-state index contributed by atoms with van der Waals surface area (Å²) >= 11 is 4.63. The van der Waals surface area contributed by atoms with E-state index in [1.54, 1.807) is 0 Å². The van der Waals surface area contributed by atoms with Gasteiger partial charge in [-0.2, -0.15) is 0 Å². The summed E-state index contributed by atoms with van der Waals surface area (Å²) in [7, 11) is 0. The normalized spacial score (nSPS) is 17.3. The average Bonchev–Trinajstić information content (AvgIpc) is 3.95. The van der Waals surface area contributed by atoms with Crippen LogP contribution in [0.3, 0.4) is 0 Å². The number of hydrogen-bond donors (Lipinski definition) is 0. The lowest BCUT2D eigenvalue weighted by atomic mass is 9.94. The van der Waals surface area contributed by atoms with Crippen molar-refractivity contribution in [1.29, 1.82) is 0 Å². The minimum absolute atomic E-state index is 0.0296. The van der Waals surface area contributed by atoms with Crippen LogP contribution in [0.25, 0.3) is 0 Å². The third-order valence-electron chi connectivity index (χ3n) is 11.2. The Bertz CT molecular complexity index is 2140. The zero-order valence-electron chi connectivity index (χ0n) is 34.9. The summed E-state index contributed by atoms with van der Waals surface area (Å²) in [5, 5.41) is 2.95. The van der Waals surface area contributed by atoms with Gasteiger partial charge in [-0.1, -0.05) is 161 Å². The quantitative estimate of drug-likeness (QED) is 0.0588. The van der Waals surface area contributed by atoms with Crippen LogP contribution in [-0.4, -0.2) is 45.3 Å². The maximum atomic E-state index is 14.7. The number of thioether (sulfide) groups is 4. The number of allylic oxidation sites excluding steroid dienone is 1. The van der Waals surface area contributed by atoms with E-state index in [-0.39, 0.29) is 72.0 Å². The molecule has 3 aliphatic heterocycles. The lowest BCUT2D eigenvalue weighted by Gasteiger charge is -2.27. The number of hydrazine groups is 1. The van der Waals surface area contributed by atoms with Gasteiger partial charge in [0.05, 0.1) is 58.6 Å². The highest BCUT2D eigenvalue weighted by Gasteiger charge is 2.47. The van der Waals surface area contributed by atoms with E-state index in [9.17, 15) is 28.8 Å². The summed E-state index contributed by atoms with van der Waals surface area (Å²) < 4.78 is 13.7. The fourth-order valence-corrected chi connectivity index (χ4v) is 13.3. The third kappa shape index (κ3) is 9.57. The summed E-state index contributed by atoms with van der Waals surface area (Å²) in [6.07, 6.45) is 6.87. The molecule has 0 aromatic heterocycles. The Labute approximate surface area is 374 Å². The predicted molar refractivity (Wildman–Crippen MR) is 240 cm³/mol. The van der Waals surface area contributed by atoms with Crippen molar-refractivity contribution in [3.8, 4) is 11.5 Å². The lowest BCUT2D eigenvalue weighted by molar-refractivity contribution is -0.149. The van der Waals surface area contributed by atoms with Crippen LogP contribution in [0.5, 0.6) is 11.5 Å². The van der Waals surface area contributed by atoms with Gasteiger partial charge < -0.3 is 9.47 Å². The van der Waals surface area contributed by atoms with Gasteiger partial charge in [0.1, 0.15) is 5.57 Å². The first-order valence-corrected chi connectivity index (χ1v) is 24.5. The van der Waals surface area contributed by atoms with E-state index in [0.717, 1.165) is 60.3 Å². The molecule has 3 aromatic rings. The van der Waals surface area contributed by atoms with Gasteiger partial charge in [-0.3, -0.25) is 28.8 Å². The van der Waals surface area contributed by atoms with Crippen molar-refractivity contribution in [2.45, 2.75) is 131 Å². The van der Waals surface area contributed by atoms with Gasteiger partial charge in [-0.25, -0.2) is 10.0 Å². The number of ketones is 2. The number of unbranched alkanes of at least 4 members (excludes halogenated alkanes) is 2. The Balaban J connectivity index is 1.38. The van der Waals surface area contributed by atoms with Crippen LogP contribution in [0.15, 0.2) is 99.9 Å². The second-order valence-electron chi connectivity index (χ2n) is 15.4. The predicted octanol–water partition coefficient (Wildman–Crippen LogP) is 11.1. The van der Waals surface area contributed by atoms with Crippen LogP contribution in [-0.2, 0) is 41.9 Å². The maximum absolute atomic E-state index is 14.7. The fraction of sp³-hybridized carbons (Fsp3) is 0.404. The lowest BCUT2D eigenvalue weighted by Crippen LogP contribution is -2.39. The molecule has 14 heteroatoms. The van der Waals surface area contributed by atoms with Crippen LogP contribution in [0.4, 0.5) is 0 Å². The molecule has 1 saturated heterocycles. The first kappa shape index (κ1) is 44.8. The molecule has 4 aliphatic rings. The molecule has 2 fully saturated rings. The van der Waals surface area contributed by atoms with E-state index >= 15 is 0 Å². The zero-order valence-corrected chi connectivity index (χ0v) is 38.2. The zero-order chi connectivity index (χ0) is 43.2. The molecule has 2 atom stereocenters. The molecule has 0 N–H and O–H groups in total. The van der Waals surface area contributed by atoms with Crippen LogP contribution in [0.1, 0.15) is 109 Å². The number of ether oxygens (including phenoxy) is 2. The van der Waals surface area contributed by atoms with E-state index in [1.165, 1.54) is 33.5 Å². The van der Waals surface area contributed by atoms with Gasteiger partial charge in [0, 0.05) is 12.8 Å². The highest BCUT2D eigenvalue weighted by atomic mass is 32.2. The second-order valence-corrected chi connectivity index (χ2v) is 20.0. The molecule has 0 radical (unpaired) electrons. The molecule has 1 aliphatic carbocycles. The highest BCUT2D eigenvalue weighted by molar-refractivity contribution is 8.26. The van der Waals surface area contributed by atoms with Crippen molar-refractivity contribution in [1.82, 2.24) is 10.0 Å². The summed E-state index contributed by atoms with van der Waals surface area (Å²) in [4.78, 5) is 85.9. The summed E-state index contributed by atoms with van der Waals surface area (Å²) in [5.74, 6) is -2.64. The smallest absolute Gasteiger partial charge is 0.314 e. The molecule has 3 aromatic carbocycles. The number of nitrogens with zero attached hydrogens (tertiary/aromatic N) is 2. The molecular weight excluding hydrogens is 849 g/mol. The van der Waals surface area contributed by atoms with Gasteiger partial charge >= 0.3 is 11.9 Å². The monoisotopic (exact) mass is 898 g/mol. The molecule has 0 spiro atoms. The summed E-state index contributed by atoms with van der Waals surface area (Å²) in [6, 6.07) is 19.0. The van der Waals surface area contributed by atoms with E-state index in [0.29, 0.717) is 60.2 Å². The first-order valence-electron chi connectivity index (χ1n) is 21.2. The van der Waals surface area contributed by atoms with E-state index < -0.39 is 23.8 Å². The molecular formula is C47H50N2O8S4. The Kier molecular flexibility index (Phi) is 14.9. The number of benzene rings is 3. The summed E-state index contributed by atoms with van der Waals surface area (Å²) in [5.41, 5.74) is 1.79. The third-order valence-corrected chi connectivity index (χ3v) is 16.4. The van der Waals surface area contributed by atoms with Crippen molar-refractivity contribution in [3.05, 3.63) is 91.4 Å². The van der Waals surface area contributed by atoms with Crippen molar-refractivity contribution in [2.24, 2.45) is 11.8 Å². The van der Waals surface area contributed by atoms with Crippen LogP contribution in [0.2, 0.25) is 0 Å². The second kappa shape index (κ2) is 20.3. The van der Waals surface area contributed by atoms with E-state index in [4.69, 9.17) is 9.47 Å². The molecule has 1 saturated carbocycles. The standard InChI is InChI=1S/C47H50N2O8S4/c1-5-9-22-30(7-3)44(54)56-36-38-39(59-46(58-38)34-32(50)24-17-25-33(34)51)37(57-45(55)31(8-4)23-10-6-2)41-40(36)60-47(61-41)35-42(52)48(26-28-18-13-11-14-19-28)49(43(35)53)27-29-20-15-12-16-21-29/h11-16,18-21,30-31H,5-10,17,22-27H2,1-4H3. The number of amides is 2. The van der Waals surface area contributed by atoms with E-state index in [1.807, 2.05) is 74.5 Å². The van der Waals surface area contributed by atoms with Crippen molar-refractivity contribution in [2.75, 3.05) is 0 Å². The molecule has 2 unspecified atom stereocenters.